The topological polar surface area (TPSA) is 61.4 Å². The van der Waals surface area contributed by atoms with Crippen molar-refractivity contribution in [3.05, 3.63) is 0 Å². The lowest BCUT2D eigenvalue weighted by molar-refractivity contribution is -0.138. The molecule has 2 N–H and O–H groups in total. The van der Waals surface area contributed by atoms with Crippen LogP contribution in [-0.4, -0.2) is 48.4 Å². The summed E-state index contributed by atoms with van der Waals surface area (Å²) in [6.45, 7) is 6.58. The lowest BCUT2D eigenvalue weighted by Gasteiger charge is -2.38. The van der Waals surface area contributed by atoms with Crippen molar-refractivity contribution in [1.82, 2.24) is 15.5 Å². The average Bonchev–Trinajstić information content (AvgIpc) is 3.00. The molecule has 2 rings (SSSR count). The largest absolute Gasteiger partial charge is 0.356 e. The zero-order valence-corrected chi connectivity index (χ0v) is 14.1. The number of carbonyl (C=O) groups is 2. The predicted octanol–water partition coefficient (Wildman–Crippen LogP) is 1.67. The number of hydrogen-bond acceptors (Lipinski definition) is 3. The molecule has 0 bridgehead atoms. The molecule has 22 heavy (non-hydrogen) atoms. The van der Waals surface area contributed by atoms with Crippen LogP contribution in [0.3, 0.4) is 0 Å². The Labute approximate surface area is 134 Å². The molecule has 2 fully saturated rings. The lowest BCUT2D eigenvalue weighted by atomic mass is 9.92. The fourth-order valence-electron chi connectivity index (χ4n) is 3.46. The molecule has 5 nitrogen and oxygen atoms in total. The zero-order valence-electron chi connectivity index (χ0n) is 14.1. The van der Waals surface area contributed by atoms with Crippen LogP contribution in [0.25, 0.3) is 0 Å². The number of piperidine rings is 1. The molecule has 0 spiro atoms. The Kier molecular flexibility index (Phi) is 6.68. The first-order valence-corrected chi connectivity index (χ1v) is 8.92. The minimum atomic E-state index is -0.0338. The van der Waals surface area contributed by atoms with Crippen LogP contribution < -0.4 is 10.6 Å². The van der Waals surface area contributed by atoms with E-state index < -0.39 is 0 Å². The van der Waals surface area contributed by atoms with Gasteiger partial charge in [0.25, 0.3) is 0 Å². The minimum Gasteiger partial charge on any atom is -0.356 e. The molecular formula is C17H31N3O2. The number of amides is 2. The number of likely N-dealkylation sites (tertiary alicyclic amines) is 1. The summed E-state index contributed by atoms with van der Waals surface area (Å²) in [4.78, 5) is 26.7. The maximum atomic E-state index is 12.5. The van der Waals surface area contributed by atoms with E-state index in [4.69, 9.17) is 0 Å². The van der Waals surface area contributed by atoms with E-state index in [0.29, 0.717) is 19.0 Å². The molecule has 2 heterocycles. The molecule has 2 amide bonds. The van der Waals surface area contributed by atoms with Crippen LogP contribution >= 0.6 is 0 Å². The van der Waals surface area contributed by atoms with E-state index in [-0.39, 0.29) is 23.8 Å². The fourth-order valence-corrected chi connectivity index (χ4v) is 3.46. The van der Waals surface area contributed by atoms with Crippen molar-refractivity contribution in [2.75, 3.05) is 19.6 Å². The van der Waals surface area contributed by atoms with E-state index >= 15 is 0 Å². The predicted molar refractivity (Wildman–Crippen MR) is 87.5 cm³/mol. The molecule has 0 aromatic heterocycles. The van der Waals surface area contributed by atoms with Gasteiger partial charge in [-0.2, -0.15) is 0 Å². The van der Waals surface area contributed by atoms with Gasteiger partial charge in [-0.15, -0.1) is 0 Å². The van der Waals surface area contributed by atoms with Gasteiger partial charge in [-0.05, 0) is 45.6 Å². The van der Waals surface area contributed by atoms with E-state index in [0.717, 1.165) is 51.6 Å². The maximum Gasteiger partial charge on any atom is 0.224 e. The summed E-state index contributed by atoms with van der Waals surface area (Å²) in [6, 6.07) is 0.590. The number of rotatable bonds is 6. The summed E-state index contributed by atoms with van der Waals surface area (Å²) in [6.07, 6.45) is 6.76. The second-order valence-corrected chi connectivity index (χ2v) is 6.81. The summed E-state index contributed by atoms with van der Waals surface area (Å²) < 4.78 is 0. The van der Waals surface area contributed by atoms with Crippen molar-refractivity contribution in [3.63, 3.8) is 0 Å². The quantitative estimate of drug-likeness (QED) is 0.734. The van der Waals surface area contributed by atoms with Gasteiger partial charge in [0.15, 0.2) is 0 Å². The molecule has 0 aliphatic carbocycles. The molecule has 0 radical (unpaired) electrons. The molecule has 2 aliphatic rings. The third kappa shape index (κ3) is 4.70. The highest BCUT2D eigenvalue weighted by Gasteiger charge is 2.33. The third-order valence-electron chi connectivity index (χ3n) is 4.99. The summed E-state index contributed by atoms with van der Waals surface area (Å²) in [5.74, 6) is 0.295. The van der Waals surface area contributed by atoms with Crippen molar-refractivity contribution in [1.29, 1.82) is 0 Å². The minimum absolute atomic E-state index is 0.0338. The fraction of sp³-hybridized carbons (Fsp3) is 0.882. The van der Waals surface area contributed by atoms with Gasteiger partial charge >= 0.3 is 0 Å². The van der Waals surface area contributed by atoms with Gasteiger partial charge < -0.3 is 15.5 Å². The first kappa shape index (κ1) is 17.3. The van der Waals surface area contributed by atoms with Crippen LogP contribution in [0, 0.1) is 5.92 Å². The van der Waals surface area contributed by atoms with Gasteiger partial charge in [-0.1, -0.05) is 13.3 Å². The average molecular weight is 309 g/mol. The summed E-state index contributed by atoms with van der Waals surface area (Å²) >= 11 is 0. The number of carbonyl (C=O) groups excluding carboxylic acids is 2. The van der Waals surface area contributed by atoms with E-state index in [1.54, 1.807) is 0 Å². The lowest BCUT2D eigenvalue weighted by Crippen LogP contribution is -2.50. The molecule has 0 saturated carbocycles. The van der Waals surface area contributed by atoms with Gasteiger partial charge in [-0.3, -0.25) is 9.59 Å². The van der Waals surface area contributed by atoms with Gasteiger partial charge in [-0.25, -0.2) is 0 Å². The van der Waals surface area contributed by atoms with Gasteiger partial charge in [0.2, 0.25) is 11.8 Å². The maximum absolute atomic E-state index is 12.5. The van der Waals surface area contributed by atoms with Crippen molar-refractivity contribution in [3.8, 4) is 0 Å². The number of nitrogens with zero attached hydrogens (tertiary/aromatic N) is 1. The Bertz CT molecular complexity index is 380. The monoisotopic (exact) mass is 309 g/mol. The number of nitrogens with one attached hydrogen (secondary N) is 2. The summed E-state index contributed by atoms with van der Waals surface area (Å²) in [5, 5.41) is 6.39. The zero-order chi connectivity index (χ0) is 15.9. The second-order valence-electron chi connectivity index (χ2n) is 6.81. The van der Waals surface area contributed by atoms with E-state index in [1.165, 1.54) is 0 Å². The highest BCUT2D eigenvalue weighted by atomic mass is 16.2. The first-order valence-electron chi connectivity index (χ1n) is 8.92. The van der Waals surface area contributed by atoms with Crippen LogP contribution in [0.1, 0.15) is 58.8 Å². The standard InChI is InChI=1S/C17H31N3O2/c1-3-4-9-19-17(22)14-8-7-13(2)20(12-14)16(21)11-15-6-5-10-18-15/h13-15,18H,3-12H2,1-2H3,(H,19,22). The molecule has 0 aromatic rings. The second kappa shape index (κ2) is 8.51. The van der Waals surface area contributed by atoms with E-state index in [2.05, 4.69) is 24.5 Å². The summed E-state index contributed by atoms with van der Waals surface area (Å²) in [7, 11) is 0. The van der Waals surface area contributed by atoms with Gasteiger partial charge in [0.1, 0.15) is 0 Å². The number of unbranched alkanes of at least 4 members (excludes halogenated alkanes) is 1. The highest BCUT2D eigenvalue weighted by molar-refractivity contribution is 5.81. The van der Waals surface area contributed by atoms with Crippen LogP contribution in [0.2, 0.25) is 0 Å². The normalized spacial score (nSPS) is 28.6. The SMILES string of the molecule is CCCCNC(=O)C1CCC(C)N(C(=O)CC2CCCN2)C1. The number of hydrogen-bond donors (Lipinski definition) is 2. The van der Waals surface area contributed by atoms with Crippen LogP contribution in [-0.2, 0) is 9.59 Å². The molecule has 0 aromatic carbocycles. The molecule has 5 heteroatoms. The molecule has 2 saturated heterocycles. The van der Waals surface area contributed by atoms with Gasteiger partial charge in [0.05, 0.1) is 5.92 Å². The highest BCUT2D eigenvalue weighted by Crippen LogP contribution is 2.24. The first-order chi connectivity index (χ1) is 10.6. The Morgan fingerprint density at radius 1 is 1.27 bits per heavy atom. The van der Waals surface area contributed by atoms with Crippen LogP contribution in [0.4, 0.5) is 0 Å². The Balaban J connectivity index is 1.84. The summed E-state index contributed by atoms with van der Waals surface area (Å²) in [5.41, 5.74) is 0. The van der Waals surface area contributed by atoms with Crippen molar-refractivity contribution in [2.24, 2.45) is 5.92 Å². The molecule has 126 valence electrons. The van der Waals surface area contributed by atoms with E-state index in [1.807, 2.05) is 4.90 Å². The van der Waals surface area contributed by atoms with Crippen LogP contribution in [0.15, 0.2) is 0 Å². The van der Waals surface area contributed by atoms with Gasteiger partial charge in [0, 0.05) is 31.6 Å². The third-order valence-corrected chi connectivity index (χ3v) is 4.99. The molecule has 3 unspecified atom stereocenters. The Hall–Kier alpha value is -1.10. The Morgan fingerprint density at radius 3 is 2.77 bits per heavy atom. The molecule has 3 atom stereocenters. The van der Waals surface area contributed by atoms with Crippen molar-refractivity contribution >= 4 is 11.8 Å². The van der Waals surface area contributed by atoms with Crippen molar-refractivity contribution in [2.45, 2.75) is 70.9 Å². The smallest absolute Gasteiger partial charge is 0.224 e. The van der Waals surface area contributed by atoms with Crippen LogP contribution in [0.5, 0.6) is 0 Å². The molecule has 2 aliphatic heterocycles. The Morgan fingerprint density at radius 2 is 2.09 bits per heavy atom. The molecular weight excluding hydrogens is 278 g/mol. The van der Waals surface area contributed by atoms with E-state index in [9.17, 15) is 9.59 Å². The van der Waals surface area contributed by atoms with Crippen molar-refractivity contribution < 1.29 is 9.59 Å².